The van der Waals surface area contributed by atoms with Crippen LogP contribution in [0.4, 0.5) is 0 Å². The van der Waals surface area contributed by atoms with Gasteiger partial charge in [-0.1, -0.05) is 36.8 Å². The zero-order chi connectivity index (χ0) is 13.0. The summed E-state index contributed by atoms with van der Waals surface area (Å²) in [4.78, 5) is 14.5. The average Bonchev–Trinajstić information content (AvgIpc) is 3.14. The number of nitrogens with zero attached hydrogens (tertiary/aromatic N) is 1. The van der Waals surface area contributed by atoms with E-state index in [0.717, 1.165) is 31.0 Å². The van der Waals surface area contributed by atoms with E-state index < -0.39 is 0 Å². The Morgan fingerprint density at radius 3 is 2.50 bits per heavy atom. The SMILES string of the molecule is CCCN(CC(=O)c1ccc(C)cc1)CC1CC1. The Morgan fingerprint density at radius 1 is 1.28 bits per heavy atom. The third kappa shape index (κ3) is 3.95. The highest BCUT2D eigenvalue weighted by molar-refractivity contribution is 5.97. The Bertz CT molecular complexity index is 392. The van der Waals surface area contributed by atoms with Gasteiger partial charge in [-0.25, -0.2) is 0 Å². The number of Topliss-reactive ketones (excluding diaryl/α,β-unsaturated/α-hetero) is 1. The topological polar surface area (TPSA) is 20.3 Å². The van der Waals surface area contributed by atoms with Crippen LogP contribution in [0, 0.1) is 12.8 Å². The monoisotopic (exact) mass is 245 g/mol. The van der Waals surface area contributed by atoms with Gasteiger partial charge in [0.1, 0.15) is 0 Å². The van der Waals surface area contributed by atoms with Crippen LogP contribution in [0.3, 0.4) is 0 Å². The first-order valence-electron chi connectivity index (χ1n) is 7.01. The van der Waals surface area contributed by atoms with Gasteiger partial charge in [-0.15, -0.1) is 0 Å². The summed E-state index contributed by atoms with van der Waals surface area (Å²) in [7, 11) is 0. The van der Waals surface area contributed by atoms with Gasteiger partial charge in [0.2, 0.25) is 0 Å². The molecule has 2 heteroatoms. The van der Waals surface area contributed by atoms with Gasteiger partial charge >= 0.3 is 0 Å². The molecule has 18 heavy (non-hydrogen) atoms. The van der Waals surface area contributed by atoms with Crippen molar-refractivity contribution in [2.24, 2.45) is 5.92 Å². The van der Waals surface area contributed by atoms with Gasteiger partial charge in [-0.05, 0) is 38.6 Å². The predicted molar refractivity (Wildman–Crippen MR) is 75.0 cm³/mol. The molecule has 1 aromatic rings. The second kappa shape index (κ2) is 6.14. The minimum Gasteiger partial charge on any atom is -0.296 e. The van der Waals surface area contributed by atoms with Crippen LogP contribution >= 0.6 is 0 Å². The number of hydrogen-bond acceptors (Lipinski definition) is 2. The molecule has 0 heterocycles. The second-order valence-electron chi connectivity index (χ2n) is 5.47. The fourth-order valence-corrected chi connectivity index (χ4v) is 2.25. The molecule has 98 valence electrons. The zero-order valence-electron chi connectivity index (χ0n) is 11.5. The van der Waals surface area contributed by atoms with E-state index in [1.165, 1.54) is 18.4 Å². The molecule has 2 rings (SSSR count). The van der Waals surface area contributed by atoms with Crippen molar-refractivity contribution in [3.8, 4) is 0 Å². The van der Waals surface area contributed by atoms with Crippen LogP contribution in [0.2, 0.25) is 0 Å². The summed E-state index contributed by atoms with van der Waals surface area (Å²) in [6, 6.07) is 7.91. The molecule has 0 bridgehead atoms. The number of ketones is 1. The number of benzene rings is 1. The van der Waals surface area contributed by atoms with Crippen molar-refractivity contribution < 1.29 is 4.79 Å². The van der Waals surface area contributed by atoms with Crippen LogP contribution in [0.25, 0.3) is 0 Å². The summed E-state index contributed by atoms with van der Waals surface area (Å²) in [6.07, 6.45) is 3.81. The maximum absolute atomic E-state index is 12.2. The third-order valence-corrected chi connectivity index (χ3v) is 3.49. The molecule has 0 aromatic heterocycles. The molecule has 1 saturated carbocycles. The van der Waals surface area contributed by atoms with Crippen molar-refractivity contribution in [2.45, 2.75) is 33.1 Å². The maximum atomic E-state index is 12.2. The number of carbonyl (C=O) groups is 1. The molecule has 0 spiro atoms. The normalized spacial score (nSPS) is 15.1. The van der Waals surface area contributed by atoms with Gasteiger partial charge in [0.05, 0.1) is 6.54 Å². The van der Waals surface area contributed by atoms with Crippen molar-refractivity contribution >= 4 is 5.78 Å². The fourth-order valence-electron chi connectivity index (χ4n) is 2.25. The first kappa shape index (κ1) is 13.3. The zero-order valence-corrected chi connectivity index (χ0v) is 11.5. The third-order valence-electron chi connectivity index (χ3n) is 3.49. The van der Waals surface area contributed by atoms with Crippen LogP contribution in [-0.2, 0) is 0 Å². The van der Waals surface area contributed by atoms with Gasteiger partial charge in [0, 0.05) is 12.1 Å². The highest BCUT2D eigenvalue weighted by Gasteiger charge is 2.24. The van der Waals surface area contributed by atoms with Gasteiger partial charge < -0.3 is 0 Å². The lowest BCUT2D eigenvalue weighted by Gasteiger charge is -2.20. The molecule has 1 aromatic carbocycles. The highest BCUT2D eigenvalue weighted by Crippen LogP contribution is 2.29. The molecule has 1 fully saturated rings. The van der Waals surface area contributed by atoms with Crippen molar-refractivity contribution in [3.05, 3.63) is 35.4 Å². The van der Waals surface area contributed by atoms with E-state index in [1.807, 2.05) is 31.2 Å². The van der Waals surface area contributed by atoms with E-state index in [1.54, 1.807) is 0 Å². The molecule has 0 atom stereocenters. The van der Waals surface area contributed by atoms with E-state index in [0.29, 0.717) is 6.54 Å². The number of hydrogen-bond donors (Lipinski definition) is 0. The molecule has 0 radical (unpaired) electrons. The first-order chi connectivity index (χ1) is 8.69. The van der Waals surface area contributed by atoms with Crippen molar-refractivity contribution in [1.82, 2.24) is 4.90 Å². The van der Waals surface area contributed by atoms with Gasteiger partial charge in [-0.3, -0.25) is 9.69 Å². The fraction of sp³-hybridized carbons (Fsp3) is 0.562. The lowest BCUT2D eigenvalue weighted by Crippen LogP contribution is -2.32. The summed E-state index contributed by atoms with van der Waals surface area (Å²) in [6.45, 7) is 6.94. The summed E-state index contributed by atoms with van der Waals surface area (Å²) >= 11 is 0. The minimum atomic E-state index is 0.254. The van der Waals surface area contributed by atoms with Crippen molar-refractivity contribution in [1.29, 1.82) is 0 Å². The molecule has 0 unspecified atom stereocenters. The minimum absolute atomic E-state index is 0.254. The summed E-state index contributed by atoms with van der Waals surface area (Å²) in [5.74, 6) is 1.10. The number of aryl methyl sites for hydroxylation is 1. The predicted octanol–water partition coefficient (Wildman–Crippen LogP) is 3.30. The molecule has 0 aliphatic heterocycles. The van der Waals surface area contributed by atoms with Gasteiger partial charge in [-0.2, -0.15) is 0 Å². The van der Waals surface area contributed by atoms with Gasteiger partial charge in [0.15, 0.2) is 5.78 Å². The Hall–Kier alpha value is -1.15. The first-order valence-corrected chi connectivity index (χ1v) is 7.01. The summed E-state index contributed by atoms with van der Waals surface area (Å²) in [5, 5.41) is 0. The molecule has 0 N–H and O–H groups in total. The van der Waals surface area contributed by atoms with Gasteiger partial charge in [0.25, 0.3) is 0 Å². The quantitative estimate of drug-likeness (QED) is 0.687. The number of carbonyl (C=O) groups excluding carboxylic acids is 1. The van der Waals surface area contributed by atoms with Crippen LogP contribution in [0.1, 0.15) is 42.1 Å². The molecular formula is C16H23NO. The Kier molecular flexibility index (Phi) is 4.54. The van der Waals surface area contributed by atoms with E-state index in [4.69, 9.17) is 0 Å². The average molecular weight is 245 g/mol. The van der Waals surface area contributed by atoms with Crippen molar-refractivity contribution in [3.63, 3.8) is 0 Å². The Morgan fingerprint density at radius 2 is 1.94 bits per heavy atom. The molecule has 0 amide bonds. The summed E-state index contributed by atoms with van der Waals surface area (Å²) in [5.41, 5.74) is 2.05. The lowest BCUT2D eigenvalue weighted by molar-refractivity contribution is 0.0927. The van der Waals surface area contributed by atoms with E-state index in [-0.39, 0.29) is 5.78 Å². The van der Waals surface area contributed by atoms with Crippen LogP contribution in [0.15, 0.2) is 24.3 Å². The molecule has 0 saturated heterocycles. The Balaban J connectivity index is 1.92. The smallest absolute Gasteiger partial charge is 0.176 e. The molecular weight excluding hydrogens is 222 g/mol. The second-order valence-corrected chi connectivity index (χ2v) is 5.47. The van der Waals surface area contributed by atoms with Crippen LogP contribution in [0.5, 0.6) is 0 Å². The molecule has 1 aliphatic carbocycles. The van der Waals surface area contributed by atoms with Crippen molar-refractivity contribution in [2.75, 3.05) is 19.6 Å². The Labute approximate surface area is 110 Å². The highest BCUT2D eigenvalue weighted by atomic mass is 16.1. The summed E-state index contributed by atoms with van der Waals surface area (Å²) < 4.78 is 0. The van der Waals surface area contributed by atoms with E-state index >= 15 is 0 Å². The standard InChI is InChI=1S/C16H23NO/c1-3-10-17(11-14-6-7-14)12-16(18)15-8-4-13(2)5-9-15/h4-5,8-9,14H,3,6-7,10-12H2,1-2H3. The number of rotatable bonds is 7. The molecule has 2 nitrogen and oxygen atoms in total. The van der Waals surface area contributed by atoms with Crippen LogP contribution in [-0.4, -0.2) is 30.3 Å². The lowest BCUT2D eigenvalue weighted by atomic mass is 10.1. The van der Waals surface area contributed by atoms with Crippen LogP contribution < -0.4 is 0 Å². The maximum Gasteiger partial charge on any atom is 0.176 e. The van der Waals surface area contributed by atoms with E-state index in [2.05, 4.69) is 11.8 Å². The molecule has 1 aliphatic rings. The largest absolute Gasteiger partial charge is 0.296 e. The van der Waals surface area contributed by atoms with E-state index in [9.17, 15) is 4.79 Å².